The smallest absolute Gasteiger partial charge is 0.127 e. The highest BCUT2D eigenvalue weighted by Crippen LogP contribution is 2.27. The monoisotopic (exact) mass is 259 g/mol. The zero-order valence-electron chi connectivity index (χ0n) is 11.6. The van der Waals surface area contributed by atoms with Gasteiger partial charge in [0.1, 0.15) is 5.75 Å². The minimum Gasteiger partial charge on any atom is -0.493 e. The van der Waals surface area contributed by atoms with Crippen molar-refractivity contribution in [1.29, 1.82) is 0 Å². The molecule has 1 N–H and O–H groups in total. The third kappa shape index (κ3) is 3.69. The van der Waals surface area contributed by atoms with Gasteiger partial charge in [0.05, 0.1) is 13.2 Å². The fourth-order valence-electron chi connectivity index (χ4n) is 2.12. The number of hydrogen-bond donors (Lipinski definition) is 1. The third-order valence-electron chi connectivity index (χ3n) is 3.00. The van der Waals surface area contributed by atoms with Crippen molar-refractivity contribution in [2.75, 3.05) is 26.9 Å². The van der Waals surface area contributed by atoms with Crippen LogP contribution < -0.4 is 10.1 Å². The van der Waals surface area contributed by atoms with E-state index in [-0.39, 0.29) is 0 Å². The lowest BCUT2D eigenvalue weighted by molar-refractivity contribution is 0.199. The molecule has 2 aromatic carbocycles. The minimum atomic E-state index is 0.685. The molecule has 3 heteroatoms. The van der Waals surface area contributed by atoms with Crippen LogP contribution in [0.4, 0.5) is 0 Å². The quantitative estimate of drug-likeness (QED) is 0.775. The summed E-state index contributed by atoms with van der Waals surface area (Å²) >= 11 is 0. The topological polar surface area (TPSA) is 30.5 Å². The van der Waals surface area contributed by atoms with Crippen LogP contribution in [0.1, 0.15) is 12.5 Å². The second kappa shape index (κ2) is 7.12. The van der Waals surface area contributed by atoms with E-state index in [4.69, 9.17) is 9.47 Å². The third-order valence-corrected chi connectivity index (χ3v) is 3.00. The van der Waals surface area contributed by atoms with E-state index in [1.165, 1.54) is 16.3 Å². The molecule has 0 spiro atoms. The Balaban J connectivity index is 2.19. The van der Waals surface area contributed by atoms with Gasteiger partial charge in [-0.25, -0.2) is 0 Å². The lowest BCUT2D eigenvalue weighted by Gasteiger charge is -2.11. The zero-order valence-corrected chi connectivity index (χ0v) is 11.6. The van der Waals surface area contributed by atoms with E-state index in [1.54, 1.807) is 7.11 Å². The fraction of sp³-hybridized carbons (Fsp3) is 0.375. The number of ether oxygens (including phenoxy) is 2. The van der Waals surface area contributed by atoms with E-state index in [0.717, 1.165) is 25.4 Å². The largest absolute Gasteiger partial charge is 0.493 e. The van der Waals surface area contributed by atoms with Gasteiger partial charge in [0.15, 0.2) is 0 Å². The molecular formula is C16H21NO2. The molecule has 2 aromatic rings. The number of fused-ring (bicyclic) bond motifs is 1. The standard InChI is InChI=1S/C16H21NO2/c1-3-19-16-11-13(12-17-8-9-18-2)10-14-6-4-5-7-15(14)16/h4-7,10-11,17H,3,8-9,12H2,1-2H3. The van der Waals surface area contributed by atoms with Crippen molar-refractivity contribution in [1.82, 2.24) is 5.32 Å². The van der Waals surface area contributed by atoms with Crippen LogP contribution >= 0.6 is 0 Å². The number of nitrogens with one attached hydrogen (secondary N) is 1. The lowest BCUT2D eigenvalue weighted by Crippen LogP contribution is -2.18. The van der Waals surface area contributed by atoms with Gasteiger partial charge in [-0.15, -0.1) is 0 Å². The van der Waals surface area contributed by atoms with Crippen molar-refractivity contribution in [3.8, 4) is 5.75 Å². The molecule has 3 nitrogen and oxygen atoms in total. The summed E-state index contributed by atoms with van der Waals surface area (Å²) in [4.78, 5) is 0. The molecule has 0 saturated heterocycles. The van der Waals surface area contributed by atoms with Gasteiger partial charge in [-0.2, -0.15) is 0 Å². The summed E-state index contributed by atoms with van der Waals surface area (Å²) in [7, 11) is 1.71. The number of hydrogen-bond acceptors (Lipinski definition) is 3. The maximum Gasteiger partial charge on any atom is 0.127 e. The van der Waals surface area contributed by atoms with Crippen molar-refractivity contribution in [3.63, 3.8) is 0 Å². The first kappa shape index (κ1) is 13.8. The molecule has 0 amide bonds. The molecule has 102 valence electrons. The van der Waals surface area contributed by atoms with E-state index >= 15 is 0 Å². The molecule has 0 fully saturated rings. The first-order chi connectivity index (χ1) is 9.35. The second-order valence-electron chi connectivity index (χ2n) is 4.42. The second-order valence-corrected chi connectivity index (χ2v) is 4.42. The Labute approximate surface area is 114 Å². The van der Waals surface area contributed by atoms with Crippen LogP contribution in [0.5, 0.6) is 5.75 Å². The molecule has 0 aromatic heterocycles. The maximum absolute atomic E-state index is 5.73. The molecule has 0 bridgehead atoms. The van der Waals surface area contributed by atoms with Crippen molar-refractivity contribution in [2.24, 2.45) is 0 Å². The first-order valence-electron chi connectivity index (χ1n) is 6.69. The molecule has 0 radical (unpaired) electrons. The lowest BCUT2D eigenvalue weighted by atomic mass is 10.1. The Morgan fingerprint density at radius 1 is 1.16 bits per heavy atom. The Morgan fingerprint density at radius 2 is 2.00 bits per heavy atom. The van der Waals surface area contributed by atoms with Crippen LogP contribution in [0.2, 0.25) is 0 Å². The highest BCUT2D eigenvalue weighted by molar-refractivity contribution is 5.89. The molecule has 0 heterocycles. The predicted octanol–water partition coefficient (Wildman–Crippen LogP) is 2.97. The molecule has 0 aliphatic heterocycles. The summed E-state index contributed by atoms with van der Waals surface area (Å²) in [6, 6.07) is 12.6. The summed E-state index contributed by atoms with van der Waals surface area (Å²) in [5.74, 6) is 0.962. The van der Waals surface area contributed by atoms with Crippen LogP contribution in [-0.4, -0.2) is 26.9 Å². The van der Waals surface area contributed by atoms with Crippen LogP contribution in [-0.2, 0) is 11.3 Å². The SMILES string of the molecule is CCOc1cc(CNCCOC)cc2ccccc12. The van der Waals surface area contributed by atoms with E-state index in [9.17, 15) is 0 Å². The van der Waals surface area contributed by atoms with E-state index in [2.05, 4.69) is 35.6 Å². The summed E-state index contributed by atoms with van der Waals surface area (Å²) in [5, 5.41) is 5.75. The van der Waals surface area contributed by atoms with Gasteiger partial charge < -0.3 is 14.8 Å². The van der Waals surface area contributed by atoms with Gasteiger partial charge in [-0.3, -0.25) is 0 Å². The minimum absolute atomic E-state index is 0.685. The molecule has 0 aliphatic rings. The van der Waals surface area contributed by atoms with Crippen LogP contribution in [0, 0.1) is 0 Å². The number of benzene rings is 2. The summed E-state index contributed by atoms with van der Waals surface area (Å²) in [6.07, 6.45) is 0. The molecule has 19 heavy (non-hydrogen) atoms. The zero-order chi connectivity index (χ0) is 13.5. The fourth-order valence-corrected chi connectivity index (χ4v) is 2.12. The normalized spacial score (nSPS) is 10.8. The van der Waals surface area contributed by atoms with Crippen LogP contribution in [0.3, 0.4) is 0 Å². The molecular weight excluding hydrogens is 238 g/mol. The average Bonchev–Trinajstić information content (AvgIpc) is 2.44. The van der Waals surface area contributed by atoms with Crippen molar-refractivity contribution >= 4 is 10.8 Å². The highest BCUT2D eigenvalue weighted by atomic mass is 16.5. The molecule has 0 atom stereocenters. The van der Waals surface area contributed by atoms with Gasteiger partial charge in [-0.05, 0) is 30.0 Å². The van der Waals surface area contributed by atoms with Crippen molar-refractivity contribution < 1.29 is 9.47 Å². The van der Waals surface area contributed by atoms with Crippen LogP contribution in [0.15, 0.2) is 36.4 Å². The molecule has 0 saturated carbocycles. The van der Waals surface area contributed by atoms with Gasteiger partial charge >= 0.3 is 0 Å². The van der Waals surface area contributed by atoms with E-state index in [1.807, 2.05) is 13.0 Å². The van der Waals surface area contributed by atoms with Gasteiger partial charge in [-0.1, -0.05) is 24.3 Å². The maximum atomic E-state index is 5.73. The van der Waals surface area contributed by atoms with E-state index < -0.39 is 0 Å². The summed E-state index contributed by atoms with van der Waals surface area (Å²) in [5.41, 5.74) is 1.23. The molecule has 0 unspecified atom stereocenters. The predicted molar refractivity (Wildman–Crippen MR) is 78.7 cm³/mol. The number of methoxy groups -OCH3 is 1. The summed E-state index contributed by atoms with van der Waals surface area (Å²) < 4.78 is 10.8. The Bertz CT molecular complexity index is 525. The van der Waals surface area contributed by atoms with Gasteiger partial charge in [0, 0.05) is 25.6 Å². The number of rotatable bonds is 7. The van der Waals surface area contributed by atoms with Crippen molar-refractivity contribution in [2.45, 2.75) is 13.5 Å². The highest BCUT2D eigenvalue weighted by Gasteiger charge is 2.04. The first-order valence-corrected chi connectivity index (χ1v) is 6.69. The molecule has 0 aliphatic carbocycles. The average molecular weight is 259 g/mol. The van der Waals surface area contributed by atoms with E-state index in [0.29, 0.717) is 6.61 Å². The van der Waals surface area contributed by atoms with Gasteiger partial charge in [0.25, 0.3) is 0 Å². The molecule has 2 rings (SSSR count). The Kier molecular flexibility index (Phi) is 5.19. The summed E-state index contributed by atoms with van der Waals surface area (Å²) in [6.45, 7) is 5.11. The van der Waals surface area contributed by atoms with Crippen molar-refractivity contribution in [3.05, 3.63) is 42.0 Å². The van der Waals surface area contributed by atoms with Crippen LogP contribution in [0.25, 0.3) is 10.8 Å². The van der Waals surface area contributed by atoms with Gasteiger partial charge in [0.2, 0.25) is 0 Å². The Hall–Kier alpha value is -1.58. The Morgan fingerprint density at radius 3 is 2.79 bits per heavy atom.